The van der Waals surface area contributed by atoms with Crippen LogP contribution >= 0.6 is 22.6 Å². The van der Waals surface area contributed by atoms with Crippen molar-refractivity contribution in [1.82, 2.24) is 5.43 Å². The van der Waals surface area contributed by atoms with Crippen LogP contribution in [-0.4, -0.2) is 6.10 Å². The maximum atomic E-state index is 5.75. The Balaban J connectivity index is 2.15. The summed E-state index contributed by atoms with van der Waals surface area (Å²) in [4.78, 5) is 0. The Labute approximate surface area is 140 Å². The fraction of sp³-hybridized carbons (Fsp3) is 0.294. The quantitative estimate of drug-likeness (QED) is 0.443. The highest BCUT2D eigenvalue weighted by Gasteiger charge is 2.12. The fourth-order valence-corrected chi connectivity index (χ4v) is 2.57. The summed E-state index contributed by atoms with van der Waals surface area (Å²) in [7, 11) is 0. The average Bonchev–Trinajstić information content (AvgIpc) is 2.46. The minimum Gasteiger partial charge on any atom is -0.491 e. The molecule has 1 atom stereocenters. The van der Waals surface area contributed by atoms with E-state index >= 15 is 0 Å². The molecule has 1 unspecified atom stereocenters. The van der Waals surface area contributed by atoms with Crippen molar-refractivity contribution in [2.24, 2.45) is 5.84 Å². The molecule has 2 aromatic carbocycles. The van der Waals surface area contributed by atoms with Gasteiger partial charge in [-0.3, -0.25) is 11.3 Å². The van der Waals surface area contributed by atoms with E-state index in [1.807, 2.05) is 26.0 Å². The average molecular weight is 396 g/mol. The third-order valence-corrected chi connectivity index (χ3v) is 3.91. The Morgan fingerprint density at radius 3 is 2.48 bits per heavy atom. The number of nitrogens with one attached hydrogen (secondary N) is 1. The Hall–Kier alpha value is -1.11. The highest BCUT2D eigenvalue weighted by atomic mass is 127. The van der Waals surface area contributed by atoms with Crippen LogP contribution in [0.2, 0.25) is 0 Å². The van der Waals surface area contributed by atoms with Gasteiger partial charge in [0.05, 0.1) is 12.1 Å². The van der Waals surface area contributed by atoms with Crippen LogP contribution in [0.4, 0.5) is 0 Å². The lowest BCUT2D eigenvalue weighted by Crippen LogP contribution is -2.29. The summed E-state index contributed by atoms with van der Waals surface area (Å²) >= 11 is 2.31. The largest absolute Gasteiger partial charge is 0.491 e. The molecule has 2 rings (SSSR count). The van der Waals surface area contributed by atoms with E-state index in [1.54, 1.807) is 0 Å². The zero-order chi connectivity index (χ0) is 15.2. The number of hydrogen-bond donors (Lipinski definition) is 2. The zero-order valence-electron chi connectivity index (χ0n) is 12.3. The Morgan fingerprint density at radius 2 is 1.86 bits per heavy atom. The number of halogens is 1. The summed E-state index contributed by atoms with van der Waals surface area (Å²) in [5.74, 6) is 6.62. The van der Waals surface area contributed by atoms with Gasteiger partial charge in [0.2, 0.25) is 0 Å². The molecule has 0 saturated carbocycles. The molecule has 0 aromatic heterocycles. The first-order valence-electron chi connectivity index (χ1n) is 7.05. The van der Waals surface area contributed by atoms with Gasteiger partial charge in [-0.05, 0) is 78.3 Å². The molecule has 4 heteroatoms. The van der Waals surface area contributed by atoms with Crippen LogP contribution in [0.25, 0.3) is 0 Å². The van der Waals surface area contributed by atoms with Crippen LogP contribution in [0.3, 0.4) is 0 Å². The van der Waals surface area contributed by atoms with Crippen molar-refractivity contribution in [3.05, 3.63) is 63.2 Å². The number of benzene rings is 2. The number of rotatable bonds is 6. The van der Waals surface area contributed by atoms with Crippen molar-refractivity contribution in [2.75, 3.05) is 0 Å². The molecule has 3 nitrogen and oxygen atoms in total. The van der Waals surface area contributed by atoms with E-state index in [0.717, 1.165) is 17.7 Å². The standard InChI is InChI=1S/C17H21IN2O/c1-12(2)21-16-5-3-4-14(11-16)17(20-19)10-13-6-8-15(18)9-7-13/h3-9,11-12,17,20H,10,19H2,1-2H3. The molecule has 2 aromatic rings. The number of hydrazine groups is 1. The summed E-state index contributed by atoms with van der Waals surface area (Å²) in [6.07, 6.45) is 1.01. The van der Waals surface area contributed by atoms with Crippen molar-refractivity contribution in [3.8, 4) is 5.75 Å². The second-order valence-electron chi connectivity index (χ2n) is 5.29. The van der Waals surface area contributed by atoms with Crippen LogP contribution < -0.4 is 16.0 Å². The molecule has 0 spiro atoms. The predicted molar refractivity (Wildman–Crippen MR) is 95.1 cm³/mol. The first kappa shape index (κ1) is 16.3. The van der Waals surface area contributed by atoms with Gasteiger partial charge in [-0.25, -0.2) is 0 Å². The molecule has 0 bridgehead atoms. The van der Waals surface area contributed by atoms with Crippen LogP contribution in [0, 0.1) is 3.57 Å². The highest BCUT2D eigenvalue weighted by Crippen LogP contribution is 2.23. The molecule has 0 amide bonds. The topological polar surface area (TPSA) is 47.3 Å². The molecule has 0 saturated heterocycles. The fourth-order valence-electron chi connectivity index (χ4n) is 2.21. The molecule has 0 aliphatic heterocycles. The maximum absolute atomic E-state index is 5.75. The zero-order valence-corrected chi connectivity index (χ0v) is 14.5. The second kappa shape index (κ2) is 7.77. The smallest absolute Gasteiger partial charge is 0.120 e. The third-order valence-electron chi connectivity index (χ3n) is 3.19. The van der Waals surface area contributed by atoms with E-state index in [1.165, 1.54) is 9.13 Å². The summed E-state index contributed by atoms with van der Waals surface area (Å²) in [5.41, 5.74) is 5.30. The van der Waals surface area contributed by atoms with Gasteiger partial charge in [0.25, 0.3) is 0 Å². The number of hydrogen-bond acceptors (Lipinski definition) is 3. The minimum absolute atomic E-state index is 0.0702. The number of nitrogens with two attached hydrogens (primary N) is 1. The third kappa shape index (κ3) is 4.98. The SMILES string of the molecule is CC(C)Oc1cccc(C(Cc2ccc(I)cc2)NN)c1. The maximum Gasteiger partial charge on any atom is 0.120 e. The molecule has 0 aliphatic rings. The molecule has 0 heterocycles. The lowest BCUT2D eigenvalue weighted by Gasteiger charge is -2.18. The molecular weight excluding hydrogens is 375 g/mol. The molecule has 112 valence electrons. The van der Waals surface area contributed by atoms with Crippen LogP contribution in [0.5, 0.6) is 5.75 Å². The first-order valence-corrected chi connectivity index (χ1v) is 8.13. The molecular formula is C17H21IN2O. The number of ether oxygens (including phenoxy) is 1. The van der Waals surface area contributed by atoms with Crippen molar-refractivity contribution < 1.29 is 4.74 Å². The van der Waals surface area contributed by atoms with Crippen LogP contribution in [0.15, 0.2) is 48.5 Å². The summed E-state index contributed by atoms with van der Waals surface area (Å²) in [5, 5.41) is 0. The molecule has 0 fully saturated rings. The minimum atomic E-state index is 0.0702. The Kier molecular flexibility index (Phi) is 6.02. The molecule has 3 N–H and O–H groups in total. The molecule has 0 radical (unpaired) electrons. The summed E-state index contributed by atoms with van der Waals surface area (Å²) < 4.78 is 6.98. The van der Waals surface area contributed by atoms with Gasteiger partial charge in [0.15, 0.2) is 0 Å². The van der Waals surface area contributed by atoms with Crippen molar-refractivity contribution in [1.29, 1.82) is 0 Å². The van der Waals surface area contributed by atoms with Gasteiger partial charge in [0, 0.05) is 3.57 Å². The van der Waals surface area contributed by atoms with E-state index in [9.17, 15) is 0 Å². The van der Waals surface area contributed by atoms with Crippen molar-refractivity contribution in [3.63, 3.8) is 0 Å². The van der Waals surface area contributed by atoms with Gasteiger partial charge >= 0.3 is 0 Å². The Bertz CT molecular complexity index is 569. The highest BCUT2D eigenvalue weighted by molar-refractivity contribution is 14.1. The first-order chi connectivity index (χ1) is 10.1. The van der Waals surface area contributed by atoms with E-state index in [0.29, 0.717) is 0 Å². The van der Waals surface area contributed by atoms with Gasteiger partial charge in [-0.2, -0.15) is 0 Å². The van der Waals surface area contributed by atoms with E-state index in [4.69, 9.17) is 10.6 Å². The second-order valence-corrected chi connectivity index (χ2v) is 6.53. The van der Waals surface area contributed by atoms with Gasteiger partial charge in [0.1, 0.15) is 5.75 Å². The van der Waals surface area contributed by atoms with Crippen LogP contribution in [-0.2, 0) is 6.42 Å². The van der Waals surface area contributed by atoms with E-state index in [2.05, 4.69) is 64.4 Å². The Morgan fingerprint density at radius 1 is 1.14 bits per heavy atom. The van der Waals surface area contributed by atoms with Gasteiger partial charge in [-0.1, -0.05) is 24.3 Å². The van der Waals surface area contributed by atoms with E-state index < -0.39 is 0 Å². The van der Waals surface area contributed by atoms with Crippen LogP contribution in [0.1, 0.15) is 31.0 Å². The molecule has 0 aliphatic carbocycles. The van der Waals surface area contributed by atoms with Gasteiger partial charge < -0.3 is 4.74 Å². The summed E-state index contributed by atoms with van der Waals surface area (Å²) in [6.45, 7) is 4.05. The normalized spacial score (nSPS) is 12.4. The van der Waals surface area contributed by atoms with Gasteiger partial charge in [-0.15, -0.1) is 0 Å². The lowest BCUT2D eigenvalue weighted by atomic mass is 9.99. The molecule has 21 heavy (non-hydrogen) atoms. The van der Waals surface area contributed by atoms with Crippen molar-refractivity contribution in [2.45, 2.75) is 32.4 Å². The summed E-state index contributed by atoms with van der Waals surface area (Å²) in [6, 6.07) is 16.7. The lowest BCUT2D eigenvalue weighted by molar-refractivity contribution is 0.242. The van der Waals surface area contributed by atoms with E-state index in [-0.39, 0.29) is 12.1 Å². The van der Waals surface area contributed by atoms with Crippen molar-refractivity contribution >= 4 is 22.6 Å². The monoisotopic (exact) mass is 396 g/mol. The predicted octanol–water partition coefficient (Wildman–Crippen LogP) is 3.83.